The summed E-state index contributed by atoms with van der Waals surface area (Å²) in [5.41, 5.74) is 8.80. The van der Waals surface area contributed by atoms with Crippen LogP contribution in [0.3, 0.4) is 0 Å². The van der Waals surface area contributed by atoms with Crippen molar-refractivity contribution in [2.45, 2.75) is 39.5 Å². The Morgan fingerprint density at radius 1 is 0.600 bits per heavy atom. The number of benzene rings is 3. The SMILES string of the molecule is Cc1ccc(C)c([I+]c2cc3ccc2CCc2ccc(cc2)CC3)c1. The molecular weight excluding hydrogens is 415 g/mol. The molecule has 0 radical (unpaired) electrons. The van der Waals surface area contributed by atoms with Gasteiger partial charge in [0.2, 0.25) is 0 Å². The molecule has 0 fully saturated rings. The van der Waals surface area contributed by atoms with E-state index in [0.717, 1.165) is 25.7 Å². The van der Waals surface area contributed by atoms with Gasteiger partial charge in [0.25, 0.3) is 0 Å². The van der Waals surface area contributed by atoms with Crippen molar-refractivity contribution in [3.05, 3.63) is 101 Å². The highest BCUT2D eigenvalue weighted by Crippen LogP contribution is 2.15. The molecule has 0 heterocycles. The molecule has 0 nitrogen and oxygen atoms in total. The Kier molecular flexibility index (Phi) is 4.93. The van der Waals surface area contributed by atoms with Crippen LogP contribution >= 0.6 is 0 Å². The molecule has 126 valence electrons. The second-order valence-electron chi connectivity index (χ2n) is 7.09. The lowest BCUT2D eigenvalue weighted by atomic mass is 9.97. The van der Waals surface area contributed by atoms with Gasteiger partial charge < -0.3 is 0 Å². The molecule has 0 saturated heterocycles. The van der Waals surface area contributed by atoms with Crippen molar-refractivity contribution in [1.82, 2.24) is 0 Å². The molecule has 0 spiro atoms. The van der Waals surface area contributed by atoms with Crippen LogP contribution in [0.25, 0.3) is 0 Å². The summed E-state index contributed by atoms with van der Waals surface area (Å²) < 4.78 is 3.20. The fraction of sp³-hybridized carbons (Fsp3) is 0.250. The fourth-order valence-corrected chi connectivity index (χ4v) is 6.62. The summed E-state index contributed by atoms with van der Waals surface area (Å²) in [6, 6.07) is 23.5. The van der Waals surface area contributed by atoms with Gasteiger partial charge in [-0.15, -0.1) is 0 Å². The van der Waals surface area contributed by atoms with Gasteiger partial charge in [-0.3, -0.25) is 0 Å². The predicted molar refractivity (Wildman–Crippen MR) is 101 cm³/mol. The van der Waals surface area contributed by atoms with Crippen molar-refractivity contribution in [2.75, 3.05) is 0 Å². The number of hydrogen-bond acceptors (Lipinski definition) is 0. The van der Waals surface area contributed by atoms with Gasteiger partial charge in [-0.1, -0.05) is 48.5 Å². The van der Waals surface area contributed by atoms with Crippen LogP contribution in [0.2, 0.25) is 0 Å². The minimum Gasteiger partial charge on any atom is -0.0588 e. The van der Waals surface area contributed by atoms with Crippen LogP contribution in [-0.4, -0.2) is 0 Å². The van der Waals surface area contributed by atoms with E-state index in [4.69, 9.17) is 0 Å². The maximum atomic E-state index is 2.51. The predicted octanol–water partition coefficient (Wildman–Crippen LogP) is 2.32. The van der Waals surface area contributed by atoms with E-state index in [-0.39, 0.29) is 21.2 Å². The largest absolute Gasteiger partial charge is 0.358 e. The molecule has 0 amide bonds. The summed E-state index contributed by atoms with van der Waals surface area (Å²) in [5, 5.41) is 0. The molecule has 4 aliphatic rings. The molecule has 0 atom stereocenters. The lowest BCUT2D eigenvalue weighted by Crippen LogP contribution is -3.62. The quantitative estimate of drug-likeness (QED) is 0.538. The van der Waals surface area contributed by atoms with Crippen LogP contribution in [0.1, 0.15) is 33.4 Å². The molecule has 0 aliphatic heterocycles. The molecule has 3 aromatic carbocycles. The highest BCUT2D eigenvalue weighted by atomic mass is 127. The van der Waals surface area contributed by atoms with Gasteiger partial charge in [-0.05, 0) is 73.9 Å². The molecule has 4 aliphatic carbocycles. The average Bonchev–Trinajstić information content (AvgIpc) is 2.61. The Morgan fingerprint density at radius 2 is 1.24 bits per heavy atom. The maximum Gasteiger partial charge on any atom is 0.358 e. The molecule has 4 bridgehead atoms. The van der Waals surface area contributed by atoms with Crippen LogP contribution in [0, 0.1) is 21.0 Å². The normalized spacial score (nSPS) is 13.5. The minimum atomic E-state index is -0.124. The smallest absolute Gasteiger partial charge is 0.0588 e. The number of hydrogen-bond donors (Lipinski definition) is 0. The fourth-order valence-electron chi connectivity index (χ4n) is 3.39. The molecule has 25 heavy (non-hydrogen) atoms. The van der Waals surface area contributed by atoms with E-state index in [2.05, 4.69) is 74.5 Å². The highest BCUT2D eigenvalue weighted by molar-refractivity contribution is 5.29. The van der Waals surface area contributed by atoms with E-state index in [1.165, 1.54) is 27.8 Å². The third-order valence-corrected chi connectivity index (χ3v) is 8.39. The van der Waals surface area contributed by atoms with Crippen molar-refractivity contribution in [3.8, 4) is 0 Å². The van der Waals surface area contributed by atoms with Gasteiger partial charge in [0.05, 0.1) is 0 Å². The molecule has 0 saturated carbocycles. The van der Waals surface area contributed by atoms with Crippen LogP contribution < -0.4 is 21.2 Å². The first-order chi connectivity index (χ1) is 12.2. The summed E-state index contributed by atoms with van der Waals surface area (Å²) in [6.07, 6.45) is 4.58. The summed E-state index contributed by atoms with van der Waals surface area (Å²) in [6.45, 7) is 4.47. The summed E-state index contributed by atoms with van der Waals surface area (Å²) in [7, 11) is 0. The second kappa shape index (κ2) is 7.33. The van der Waals surface area contributed by atoms with Crippen molar-refractivity contribution in [1.29, 1.82) is 0 Å². The third kappa shape index (κ3) is 3.98. The lowest BCUT2D eigenvalue weighted by Gasteiger charge is -2.10. The Hall–Kier alpha value is -1.61. The van der Waals surface area contributed by atoms with Crippen LogP contribution in [0.5, 0.6) is 0 Å². The van der Waals surface area contributed by atoms with E-state index in [1.807, 2.05) is 0 Å². The van der Waals surface area contributed by atoms with Crippen LogP contribution in [-0.2, 0) is 25.7 Å². The van der Waals surface area contributed by atoms with Crippen molar-refractivity contribution >= 4 is 0 Å². The van der Waals surface area contributed by atoms with Crippen LogP contribution in [0.4, 0.5) is 0 Å². The lowest BCUT2D eigenvalue weighted by molar-refractivity contribution is -0.599. The van der Waals surface area contributed by atoms with E-state index in [9.17, 15) is 0 Å². The standard InChI is InChI=1S/C24H24I/c1-17-3-4-18(2)23(15-17)25-24-16-21-10-9-19-5-7-20(8-6-19)11-13-22(24)14-12-21/h3-8,12,14-16H,9-11,13H2,1-2H3/q+1. The first kappa shape index (κ1) is 16.8. The van der Waals surface area contributed by atoms with Crippen molar-refractivity contribution in [3.63, 3.8) is 0 Å². The van der Waals surface area contributed by atoms with Crippen LogP contribution in [0.15, 0.2) is 60.7 Å². The van der Waals surface area contributed by atoms with Crippen molar-refractivity contribution in [2.24, 2.45) is 0 Å². The van der Waals surface area contributed by atoms with Gasteiger partial charge in [-0.25, -0.2) is 0 Å². The second-order valence-corrected chi connectivity index (χ2v) is 9.95. The molecule has 0 unspecified atom stereocenters. The Bertz CT molecular complexity index is 890. The zero-order chi connectivity index (χ0) is 17.2. The van der Waals surface area contributed by atoms with Gasteiger partial charge in [-0.2, -0.15) is 0 Å². The van der Waals surface area contributed by atoms with Gasteiger partial charge in [0, 0.05) is 11.1 Å². The minimum absolute atomic E-state index is 0.124. The monoisotopic (exact) mass is 439 g/mol. The Morgan fingerprint density at radius 3 is 2.00 bits per heavy atom. The van der Waals surface area contributed by atoms with Gasteiger partial charge >= 0.3 is 21.2 Å². The molecule has 3 aromatic rings. The topological polar surface area (TPSA) is 0 Å². The molecule has 7 rings (SSSR count). The summed E-state index contributed by atoms with van der Waals surface area (Å²) >= 11 is -0.124. The van der Waals surface area contributed by atoms with Gasteiger partial charge in [0.15, 0.2) is 7.14 Å². The van der Waals surface area contributed by atoms with E-state index in [0.29, 0.717) is 0 Å². The van der Waals surface area contributed by atoms with E-state index < -0.39 is 0 Å². The Balaban J connectivity index is 1.70. The summed E-state index contributed by atoms with van der Waals surface area (Å²) in [5.74, 6) is 0. The van der Waals surface area contributed by atoms with E-state index in [1.54, 1.807) is 12.7 Å². The molecule has 0 aromatic heterocycles. The molecule has 1 heteroatoms. The summed E-state index contributed by atoms with van der Waals surface area (Å²) in [4.78, 5) is 0. The zero-order valence-electron chi connectivity index (χ0n) is 15.0. The van der Waals surface area contributed by atoms with Crippen molar-refractivity contribution < 1.29 is 21.2 Å². The molecular formula is C24H24I+. The average molecular weight is 439 g/mol. The van der Waals surface area contributed by atoms with Gasteiger partial charge in [0.1, 0.15) is 0 Å². The third-order valence-electron chi connectivity index (χ3n) is 5.06. The first-order valence-corrected chi connectivity index (χ1v) is 11.2. The first-order valence-electron chi connectivity index (χ1n) is 9.09. The molecule has 0 N–H and O–H groups in total. The number of aryl methyl sites for hydroxylation is 6. The Labute approximate surface area is 161 Å². The number of halogens is 1. The number of rotatable bonds is 2. The zero-order valence-corrected chi connectivity index (χ0v) is 17.1. The van der Waals surface area contributed by atoms with E-state index >= 15 is 0 Å². The maximum absolute atomic E-state index is 2.51. The highest BCUT2D eigenvalue weighted by Gasteiger charge is 2.23.